The molecule has 12 nitrogen and oxygen atoms in total. The molecule has 0 saturated carbocycles. The van der Waals surface area contributed by atoms with Crippen molar-refractivity contribution < 1.29 is 37.4 Å². The van der Waals surface area contributed by atoms with E-state index in [1.165, 1.54) is 36.7 Å². The first kappa shape index (κ1) is 34.4. The number of nitrogens with one attached hydrogen (secondary N) is 4. The van der Waals surface area contributed by atoms with Gasteiger partial charge in [0.15, 0.2) is 0 Å². The summed E-state index contributed by atoms with van der Waals surface area (Å²) >= 11 is 13.9. The summed E-state index contributed by atoms with van der Waals surface area (Å²) in [7, 11) is 0. The number of rotatable bonds is 6. The van der Waals surface area contributed by atoms with Crippen molar-refractivity contribution in [2.24, 2.45) is 11.8 Å². The van der Waals surface area contributed by atoms with Gasteiger partial charge in [0, 0.05) is 33.0 Å². The Balaban J connectivity index is 0.000000157. The average Bonchev–Trinajstić information content (AvgIpc) is 3.90. The van der Waals surface area contributed by atoms with E-state index in [9.17, 15) is 28.0 Å². The minimum absolute atomic E-state index is 0.0516. The highest BCUT2D eigenvalue weighted by Crippen LogP contribution is 2.31. The molecule has 4 aliphatic rings. The van der Waals surface area contributed by atoms with Crippen molar-refractivity contribution in [3.05, 3.63) is 80.2 Å². The van der Waals surface area contributed by atoms with Gasteiger partial charge in [-0.15, -0.1) is 22.7 Å². The van der Waals surface area contributed by atoms with E-state index < -0.39 is 23.7 Å². The van der Waals surface area contributed by atoms with E-state index in [0.717, 1.165) is 22.7 Å². The number of benzene rings is 2. The standard InChI is InChI=1S/2C16H13ClFN3O3S/c2*17-8-1-7(2-9(18)3-8)16-19-4-12(25-16)14(22)21-13-10-5-24-6-11(10)20-15(13)23/h2*1-4,10-11,13H,5-6H2,(H,20,23)(H,21,22)/t2*10-,11+,13+/m10/s1. The van der Waals surface area contributed by atoms with Crippen LogP contribution in [0.2, 0.25) is 10.0 Å². The van der Waals surface area contributed by atoms with Crippen LogP contribution in [0, 0.1) is 23.5 Å². The summed E-state index contributed by atoms with van der Waals surface area (Å²) in [6.45, 7) is 1.80. The summed E-state index contributed by atoms with van der Waals surface area (Å²) in [5, 5.41) is 12.6. The molecule has 4 N–H and O–H groups in total. The van der Waals surface area contributed by atoms with Gasteiger partial charge in [0.05, 0.1) is 50.9 Å². The minimum atomic E-state index is -0.617. The van der Waals surface area contributed by atoms with E-state index in [-0.39, 0.29) is 57.6 Å². The summed E-state index contributed by atoms with van der Waals surface area (Å²) in [4.78, 5) is 57.9. The fourth-order valence-electron chi connectivity index (χ4n) is 6.18. The smallest absolute Gasteiger partial charge is 0.263 e. The molecule has 260 valence electrons. The van der Waals surface area contributed by atoms with Gasteiger partial charge in [-0.3, -0.25) is 19.2 Å². The van der Waals surface area contributed by atoms with Crippen molar-refractivity contribution in [3.8, 4) is 21.1 Å². The topological polar surface area (TPSA) is 161 Å². The van der Waals surface area contributed by atoms with Crippen LogP contribution in [0.15, 0.2) is 48.8 Å². The van der Waals surface area contributed by atoms with E-state index in [4.69, 9.17) is 32.7 Å². The number of hydrogen-bond acceptors (Lipinski definition) is 10. The average molecular weight is 764 g/mol. The molecular weight excluding hydrogens is 737 g/mol. The Kier molecular flexibility index (Phi) is 9.82. The molecule has 0 bridgehead atoms. The largest absolute Gasteiger partial charge is 0.379 e. The number of thiazole rings is 2. The van der Waals surface area contributed by atoms with Gasteiger partial charge < -0.3 is 30.7 Å². The highest BCUT2D eigenvalue weighted by molar-refractivity contribution is 7.17. The lowest BCUT2D eigenvalue weighted by molar-refractivity contribution is -0.122. The van der Waals surface area contributed by atoms with Crippen LogP contribution >= 0.6 is 45.9 Å². The third-order valence-electron chi connectivity index (χ3n) is 8.58. The Hall–Kier alpha value is -4.06. The number of fused-ring (bicyclic) bond motifs is 2. The number of nitrogens with zero attached hydrogens (tertiary/aromatic N) is 2. The molecule has 18 heteroatoms. The molecule has 0 unspecified atom stereocenters. The van der Waals surface area contributed by atoms with Gasteiger partial charge in [0.1, 0.15) is 43.5 Å². The fraction of sp³-hybridized carbons (Fsp3) is 0.312. The number of aromatic nitrogens is 2. The Morgan fingerprint density at radius 1 is 0.700 bits per heavy atom. The SMILES string of the molecule is O=C(N[C@@H]1C(=O)N[C@H]2COC[C@H]21)c1cnc(-c2cc(F)cc(Cl)c2)s1.O=C(N[C@H]1C(=O)N[C@@H]2COC[C@@H]21)c1cnc(-c2cc(F)cc(Cl)c2)s1. The van der Waals surface area contributed by atoms with Crippen LogP contribution in [0.5, 0.6) is 0 Å². The van der Waals surface area contributed by atoms with Gasteiger partial charge in [0.25, 0.3) is 11.8 Å². The lowest BCUT2D eigenvalue weighted by atomic mass is 10.00. The van der Waals surface area contributed by atoms with Crippen LogP contribution < -0.4 is 21.3 Å². The second-order valence-corrected chi connectivity index (χ2v) is 14.8. The Morgan fingerprint density at radius 2 is 1.12 bits per heavy atom. The van der Waals surface area contributed by atoms with Crippen LogP contribution in [0.3, 0.4) is 0 Å². The van der Waals surface area contributed by atoms with Crippen LogP contribution in [0.1, 0.15) is 19.3 Å². The third-order valence-corrected chi connectivity index (χ3v) is 11.1. The zero-order valence-electron chi connectivity index (χ0n) is 25.6. The monoisotopic (exact) mass is 762 g/mol. The summed E-state index contributed by atoms with van der Waals surface area (Å²) < 4.78 is 37.6. The number of halogens is 4. The van der Waals surface area contributed by atoms with E-state index in [1.807, 2.05) is 0 Å². The van der Waals surface area contributed by atoms with Gasteiger partial charge in [0.2, 0.25) is 11.8 Å². The molecule has 4 fully saturated rings. The van der Waals surface area contributed by atoms with Gasteiger partial charge >= 0.3 is 0 Å². The van der Waals surface area contributed by atoms with Crippen molar-refractivity contribution in [1.82, 2.24) is 31.2 Å². The lowest BCUT2D eigenvalue weighted by Crippen LogP contribution is -2.44. The molecule has 4 saturated heterocycles. The first-order valence-corrected chi connectivity index (χ1v) is 17.6. The van der Waals surface area contributed by atoms with Gasteiger partial charge in [-0.1, -0.05) is 23.2 Å². The van der Waals surface area contributed by atoms with Gasteiger partial charge in [-0.05, 0) is 36.4 Å². The van der Waals surface area contributed by atoms with Crippen molar-refractivity contribution in [1.29, 1.82) is 0 Å². The Morgan fingerprint density at radius 3 is 1.52 bits per heavy atom. The molecule has 6 atom stereocenters. The number of ether oxygens (including phenoxy) is 2. The number of carbonyl (C=O) groups excluding carboxylic acids is 4. The molecule has 4 aliphatic heterocycles. The maximum absolute atomic E-state index is 13.5. The zero-order valence-corrected chi connectivity index (χ0v) is 28.7. The molecule has 2 aromatic carbocycles. The summed E-state index contributed by atoms with van der Waals surface area (Å²) in [6, 6.07) is 6.83. The van der Waals surface area contributed by atoms with Gasteiger partial charge in [-0.25, -0.2) is 18.7 Å². The van der Waals surface area contributed by atoms with E-state index in [2.05, 4.69) is 31.2 Å². The van der Waals surface area contributed by atoms with E-state index >= 15 is 0 Å². The quantitative estimate of drug-likeness (QED) is 0.232. The number of hydrogen-bond donors (Lipinski definition) is 4. The molecule has 0 radical (unpaired) electrons. The van der Waals surface area contributed by atoms with Crippen LogP contribution in [-0.4, -0.2) is 84.2 Å². The van der Waals surface area contributed by atoms with Crippen molar-refractivity contribution in [2.75, 3.05) is 26.4 Å². The first-order valence-electron chi connectivity index (χ1n) is 15.2. The first-order chi connectivity index (χ1) is 24.0. The van der Waals surface area contributed by atoms with Crippen LogP contribution in [0.4, 0.5) is 8.78 Å². The molecule has 0 spiro atoms. The molecule has 4 amide bonds. The molecular formula is C32H26Cl2F2N6O6S2. The molecule has 6 heterocycles. The predicted molar refractivity (Wildman–Crippen MR) is 180 cm³/mol. The normalized spacial score (nSPS) is 24.9. The molecule has 0 aliphatic carbocycles. The molecule has 50 heavy (non-hydrogen) atoms. The van der Waals surface area contributed by atoms with Gasteiger partial charge in [-0.2, -0.15) is 0 Å². The van der Waals surface area contributed by atoms with Crippen molar-refractivity contribution >= 4 is 69.5 Å². The zero-order chi connectivity index (χ0) is 35.1. The highest BCUT2D eigenvalue weighted by Gasteiger charge is 2.47. The number of amides is 4. The molecule has 4 aromatic rings. The second kappa shape index (κ2) is 14.3. The van der Waals surface area contributed by atoms with E-state index in [0.29, 0.717) is 57.3 Å². The lowest BCUT2D eigenvalue weighted by Gasteiger charge is -2.14. The third kappa shape index (κ3) is 7.22. The Bertz CT molecular complexity index is 1820. The number of carbonyl (C=O) groups is 4. The fourth-order valence-corrected chi connectivity index (χ4v) is 8.24. The summed E-state index contributed by atoms with van der Waals surface area (Å²) in [5.41, 5.74) is 0.994. The van der Waals surface area contributed by atoms with Crippen molar-refractivity contribution in [3.63, 3.8) is 0 Å². The van der Waals surface area contributed by atoms with Crippen LogP contribution in [0.25, 0.3) is 21.1 Å². The van der Waals surface area contributed by atoms with E-state index in [1.54, 1.807) is 12.1 Å². The second-order valence-electron chi connectivity index (χ2n) is 11.9. The van der Waals surface area contributed by atoms with Crippen LogP contribution in [-0.2, 0) is 19.1 Å². The summed E-state index contributed by atoms with van der Waals surface area (Å²) in [5.74, 6) is -2.26. The maximum atomic E-state index is 13.5. The Labute approximate surface area is 300 Å². The predicted octanol–water partition coefficient (Wildman–Crippen LogP) is 3.69. The maximum Gasteiger partial charge on any atom is 0.263 e. The molecule has 8 rings (SSSR count). The highest BCUT2D eigenvalue weighted by atomic mass is 35.5. The summed E-state index contributed by atoms with van der Waals surface area (Å²) in [6.07, 6.45) is 2.81. The van der Waals surface area contributed by atoms with Crippen molar-refractivity contribution in [2.45, 2.75) is 24.2 Å². The minimum Gasteiger partial charge on any atom is -0.379 e. The molecule has 2 aromatic heterocycles.